The van der Waals surface area contributed by atoms with Crippen molar-refractivity contribution in [2.45, 2.75) is 13.0 Å². The van der Waals surface area contributed by atoms with Crippen LogP contribution in [-0.4, -0.2) is 20.2 Å². The zero-order chi connectivity index (χ0) is 16.7. The molecule has 0 saturated carbocycles. The third-order valence-corrected chi connectivity index (χ3v) is 3.38. The molecular formula is C19H20O4. The van der Waals surface area contributed by atoms with Crippen molar-refractivity contribution in [2.24, 2.45) is 0 Å². The van der Waals surface area contributed by atoms with Gasteiger partial charge in [-0.2, -0.15) is 0 Å². The Hall–Kier alpha value is -2.75. The number of hydrogen-bond acceptors (Lipinski definition) is 4. The van der Waals surface area contributed by atoms with Crippen molar-refractivity contribution < 1.29 is 19.0 Å². The topological polar surface area (TPSA) is 44.8 Å². The number of carbonyl (C=O) groups is 1. The molecule has 0 fully saturated rings. The molecule has 0 saturated heterocycles. The lowest BCUT2D eigenvalue weighted by Gasteiger charge is -2.11. The predicted octanol–water partition coefficient (Wildman–Crippen LogP) is 4.02. The molecule has 2 aromatic carbocycles. The molecule has 23 heavy (non-hydrogen) atoms. The minimum atomic E-state index is -0.392. The number of methoxy groups -OCH3 is 2. The van der Waals surface area contributed by atoms with Gasteiger partial charge >= 0.3 is 5.97 Å². The summed E-state index contributed by atoms with van der Waals surface area (Å²) in [7, 11) is 3.15. The summed E-state index contributed by atoms with van der Waals surface area (Å²) in [5.41, 5.74) is 1.78. The summed E-state index contributed by atoms with van der Waals surface area (Å²) in [5.74, 6) is 0.863. The van der Waals surface area contributed by atoms with Crippen LogP contribution in [0.5, 0.6) is 11.5 Å². The van der Waals surface area contributed by atoms with E-state index in [1.165, 1.54) is 6.08 Å². The zero-order valence-corrected chi connectivity index (χ0v) is 13.5. The van der Waals surface area contributed by atoms with E-state index in [1.54, 1.807) is 32.4 Å². The Morgan fingerprint density at radius 1 is 1.00 bits per heavy atom. The Morgan fingerprint density at radius 2 is 1.70 bits per heavy atom. The number of rotatable bonds is 6. The molecule has 120 valence electrons. The average molecular weight is 312 g/mol. The van der Waals surface area contributed by atoms with Crippen molar-refractivity contribution >= 4 is 12.0 Å². The van der Waals surface area contributed by atoms with Crippen LogP contribution in [0.3, 0.4) is 0 Å². The highest BCUT2D eigenvalue weighted by Gasteiger charge is 2.09. The molecule has 4 nitrogen and oxygen atoms in total. The summed E-state index contributed by atoms with van der Waals surface area (Å²) in [6.45, 7) is 1.84. The first kappa shape index (κ1) is 16.6. The van der Waals surface area contributed by atoms with Gasteiger partial charge < -0.3 is 14.2 Å². The summed E-state index contributed by atoms with van der Waals surface area (Å²) < 4.78 is 15.8. The van der Waals surface area contributed by atoms with Gasteiger partial charge in [0.2, 0.25) is 0 Å². The molecule has 2 rings (SSSR count). The molecule has 0 amide bonds. The van der Waals surface area contributed by atoms with Gasteiger partial charge in [0.1, 0.15) is 6.10 Å². The minimum Gasteiger partial charge on any atom is -0.493 e. The Kier molecular flexibility index (Phi) is 5.80. The number of hydrogen-bond donors (Lipinski definition) is 0. The van der Waals surface area contributed by atoms with Crippen LogP contribution in [0.15, 0.2) is 54.6 Å². The van der Waals surface area contributed by atoms with Gasteiger partial charge in [0, 0.05) is 6.08 Å². The summed E-state index contributed by atoms with van der Waals surface area (Å²) >= 11 is 0. The first-order valence-electron chi connectivity index (χ1n) is 7.29. The molecule has 1 atom stereocenters. The van der Waals surface area contributed by atoms with Gasteiger partial charge in [-0.3, -0.25) is 0 Å². The van der Waals surface area contributed by atoms with Gasteiger partial charge in [0.05, 0.1) is 14.2 Å². The lowest BCUT2D eigenvalue weighted by molar-refractivity contribution is -0.142. The molecule has 2 aromatic rings. The summed E-state index contributed by atoms with van der Waals surface area (Å²) in [6.07, 6.45) is 2.79. The second-order valence-corrected chi connectivity index (χ2v) is 4.94. The predicted molar refractivity (Wildman–Crippen MR) is 89.5 cm³/mol. The summed E-state index contributed by atoms with van der Waals surface area (Å²) in [5, 5.41) is 0. The van der Waals surface area contributed by atoms with Gasteiger partial charge in [-0.25, -0.2) is 4.79 Å². The van der Waals surface area contributed by atoms with E-state index in [1.807, 2.05) is 43.3 Å². The fourth-order valence-electron chi connectivity index (χ4n) is 2.13. The van der Waals surface area contributed by atoms with Crippen LogP contribution in [0.4, 0.5) is 0 Å². The average Bonchev–Trinajstić information content (AvgIpc) is 2.60. The van der Waals surface area contributed by atoms with Crippen LogP contribution >= 0.6 is 0 Å². The Bertz CT molecular complexity index is 677. The Balaban J connectivity index is 2.01. The highest BCUT2D eigenvalue weighted by atomic mass is 16.5. The molecule has 4 heteroatoms. The highest BCUT2D eigenvalue weighted by Crippen LogP contribution is 2.28. The van der Waals surface area contributed by atoms with Crippen molar-refractivity contribution in [3.8, 4) is 11.5 Å². The quantitative estimate of drug-likeness (QED) is 0.597. The number of benzene rings is 2. The Labute approximate surface area is 136 Å². The largest absolute Gasteiger partial charge is 0.493 e. The molecular weight excluding hydrogens is 292 g/mol. The van der Waals surface area contributed by atoms with Gasteiger partial charge in [-0.15, -0.1) is 0 Å². The van der Waals surface area contributed by atoms with Gasteiger partial charge in [-0.1, -0.05) is 36.4 Å². The fourth-order valence-corrected chi connectivity index (χ4v) is 2.13. The maximum Gasteiger partial charge on any atom is 0.331 e. The molecule has 0 heterocycles. The second kappa shape index (κ2) is 8.03. The van der Waals surface area contributed by atoms with Crippen molar-refractivity contribution in [3.05, 3.63) is 65.7 Å². The maximum atomic E-state index is 11.9. The van der Waals surface area contributed by atoms with Gasteiger partial charge in [0.25, 0.3) is 0 Å². The Morgan fingerprint density at radius 3 is 2.35 bits per heavy atom. The molecule has 0 aliphatic heterocycles. The van der Waals surface area contributed by atoms with E-state index in [-0.39, 0.29) is 6.10 Å². The fraction of sp³-hybridized carbons (Fsp3) is 0.211. The van der Waals surface area contributed by atoms with Crippen LogP contribution in [0.2, 0.25) is 0 Å². The first-order chi connectivity index (χ1) is 11.1. The molecule has 0 aromatic heterocycles. The number of ether oxygens (including phenoxy) is 3. The molecule has 0 N–H and O–H groups in total. The molecule has 0 bridgehead atoms. The summed E-state index contributed by atoms with van der Waals surface area (Å²) in [4.78, 5) is 11.9. The van der Waals surface area contributed by atoms with E-state index in [4.69, 9.17) is 14.2 Å². The van der Waals surface area contributed by atoms with Gasteiger partial charge in [-0.05, 0) is 36.3 Å². The van der Waals surface area contributed by atoms with Crippen LogP contribution in [0.1, 0.15) is 24.2 Å². The highest BCUT2D eigenvalue weighted by molar-refractivity contribution is 5.87. The van der Waals surface area contributed by atoms with E-state index in [0.717, 1.165) is 11.1 Å². The number of esters is 1. The normalized spacial score (nSPS) is 12.0. The smallest absolute Gasteiger partial charge is 0.331 e. The van der Waals surface area contributed by atoms with E-state index < -0.39 is 5.97 Å². The zero-order valence-electron chi connectivity index (χ0n) is 13.5. The molecule has 0 spiro atoms. The van der Waals surface area contributed by atoms with E-state index in [2.05, 4.69) is 0 Å². The SMILES string of the molecule is COc1ccc(/C=C/C(=O)OC(C)c2ccccc2)cc1OC. The summed E-state index contributed by atoms with van der Waals surface area (Å²) in [6, 6.07) is 15.0. The van der Waals surface area contributed by atoms with Crippen molar-refractivity contribution in [3.63, 3.8) is 0 Å². The van der Waals surface area contributed by atoms with Crippen LogP contribution in [0, 0.1) is 0 Å². The minimum absolute atomic E-state index is 0.293. The van der Waals surface area contributed by atoms with E-state index in [0.29, 0.717) is 11.5 Å². The molecule has 0 aliphatic rings. The van der Waals surface area contributed by atoms with Gasteiger partial charge in [0.15, 0.2) is 11.5 Å². The number of carbonyl (C=O) groups excluding carboxylic acids is 1. The van der Waals surface area contributed by atoms with E-state index >= 15 is 0 Å². The first-order valence-corrected chi connectivity index (χ1v) is 7.29. The lowest BCUT2D eigenvalue weighted by Crippen LogP contribution is -2.05. The van der Waals surface area contributed by atoms with Crippen molar-refractivity contribution in [1.29, 1.82) is 0 Å². The third kappa shape index (κ3) is 4.61. The van der Waals surface area contributed by atoms with E-state index in [9.17, 15) is 4.79 Å². The molecule has 0 aliphatic carbocycles. The monoisotopic (exact) mass is 312 g/mol. The van der Waals surface area contributed by atoms with Crippen LogP contribution < -0.4 is 9.47 Å². The van der Waals surface area contributed by atoms with Crippen molar-refractivity contribution in [2.75, 3.05) is 14.2 Å². The van der Waals surface area contributed by atoms with Crippen LogP contribution in [-0.2, 0) is 9.53 Å². The lowest BCUT2D eigenvalue weighted by atomic mass is 10.1. The van der Waals surface area contributed by atoms with Crippen molar-refractivity contribution in [1.82, 2.24) is 0 Å². The molecule has 0 radical (unpaired) electrons. The standard InChI is InChI=1S/C19H20O4/c1-14(16-7-5-4-6-8-16)23-19(20)12-10-15-9-11-17(21-2)18(13-15)22-3/h4-14H,1-3H3/b12-10+. The van der Waals surface area contributed by atoms with Crippen LogP contribution in [0.25, 0.3) is 6.08 Å². The molecule has 1 unspecified atom stereocenters. The third-order valence-electron chi connectivity index (χ3n) is 3.38. The maximum absolute atomic E-state index is 11.9. The second-order valence-electron chi connectivity index (χ2n) is 4.94.